The average molecular weight is 358 g/mol. The van der Waals surface area contributed by atoms with Crippen molar-refractivity contribution in [3.8, 4) is 11.8 Å². The summed E-state index contributed by atoms with van der Waals surface area (Å²) in [5.41, 5.74) is 3.68. The number of rotatable bonds is 3. The van der Waals surface area contributed by atoms with Gasteiger partial charge in [-0.2, -0.15) is 0 Å². The molecule has 0 bridgehead atoms. The molecule has 1 saturated heterocycles. The molecule has 0 saturated carbocycles. The quantitative estimate of drug-likeness (QED) is 0.733. The summed E-state index contributed by atoms with van der Waals surface area (Å²) in [6.07, 6.45) is 0.624. The van der Waals surface area contributed by atoms with Crippen LogP contribution < -0.4 is 5.56 Å². The predicted octanol–water partition coefficient (Wildman–Crippen LogP) is 2.80. The minimum absolute atomic E-state index is 0.0301. The number of aromatic nitrogens is 1. The van der Waals surface area contributed by atoms with E-state index in [4.69, 9.17) is 4.74 Å². The van der Waals surface area contributed by atoms with Crippen LogP contribution in [0.3, 0.4) is 0 Å². The molecule has 1 aliphatic heterocycles. The Kier molecular flexibility index (Phi) is 5.34. The molecule has 1 fully saturated rings. The van der Waals surface area contributed by atoms with Crippen LogP contribution >= 0.6 is 0 Å². The number of nitrogens with zero attached hydrogens (tertiary/aromatic N) is 1. The Hall–Kier alpha value is -2.87. The minimum atomic E-state index is -0.0301. The molecule has 0 amide bonds. The summed E-state index contributed by atoms with van der Waals surface area (Å²) in [5, 5.41) is 1.01. The molecule has 1 aliphatic rings. The Bertz CT molecular complexity index is 1040. The maximum Gasteiger partial charge on any atom is 0.251 e. The van der Waals surface area contributed by atoms with Crippen LogP contribution in [0.25, 0.3) is 10.9 Å². The normalized spacial score (nSPS) is 14.7. The van der Waals surface area contributed by atoms with Crippen LogP contribution in [0.5, 0.6) is 0 Å². The van der Waals surface area contributed by atoms with Crippen LogP contribution in [0, 0.1) is 11.8 Å². The summed E-state index contributed by atoms with van der Waals surface area (Å²) < 4.78 is 5.36. The van der Waals surface area contributed by atoms with Gasteiger partial charge in [-0.3, -0.25) is 9.69 Å². The van der Waals surface area contributed by atoms with Gasteiger partial charge in [0.05, 0.1) is 19.8 Å². The first-order valence-corrected chi connectivity index (χ1v) is 9.27. The number of benzene rings is 2. The third kappa shape index (κ3) is 4.46. The van der Waals surface area contributed by atoms with Gasteiger partial charge in [0.25, 0.3) is 5.56 Å². The first-order chi connectivity index (χ1) is 13.3. The summed E-state index contributed by atoms with van der Waals surface area (Å²) in [5.74, 6) is 6.49. The topological polar surface area (TPSA) is 45.3 Å². The van der Waals surface area contributed by atoms with Crippen molar-refractivity contribution in [2.75, 3.05) is 32.8 Å². The van der Waals surface area contributed by atoms with Gasteiger partial charge in [0.2, 0.25) is 0 Å². The van der Waals surface area contributed by atoms with E-state index in [9.17, 15) is 4.79 Å². The molecule has 0 spiro atoms. The smallest absolute Gasteiger partial charge is 0.251 e. The van der Waals surface area contributed by atoms with Crippen LogP contribution in [0.4, 0.5) is 0 Å². The Morgan fingerprint density at radius 2 is 1.85 bits per heavy atom. The van der Waals surface area contributed by atoms with Crippen molar-refractivity contribution < 1.29 is 4.74 Å². The van der Waals surface area contributed by atoms with Gasteiger partial charge < -0.3 is 9.72 Å². The fraction of sp³-hybridized carbons (Fsp3) is 0.261. The fourth-order valence-electron chi connectivity index (χ4n) is 3.29. The van der Waals surface area contributed by atoms with E-state index >= 15 is 0 Å². The van der Waals surface area contributed by atoms with Gasteiger partial charge in [0.1, 0.15) is 0 Å². The third-order valence-corrected chi connectivity index (χ3v) is 4.80. The molecule has 136 valence electrons. The van der Waals surface area contributed by atoms with Crippen molar-refractivity contribution >= 4 is 10.9 Å². The highest BCUT2D eigenvalue weighted by atomic mass is 16.5. The zero-order chi connectivity index (χ0) is 18.5. The molecule has 0 aliphatic carbocycles. The number of ether oxygens (including phenoxy) is 1. The van der Waals surface area contributed by atoms with Gasteiger partial charge in [0.15, 0.2) is 0 Å². The minimum Gasteiger partial charge on any atom is -0.379 e. The number of morpholine rings is 1. The molecule has 4 rings (SSSR count). The largest absolute Gasteiger partial charge is 0.379 e. The molecule has 1 aromatic heterocycles. The molecule has 4 heteroatoms. The van der Waals surface area contributed by atoms with E-state index in [1.807, 2.05) is 54.6 Å². The van der Waals surface area contributed by atoms with Gasteiger partial charge in [0, 0.05) is 36.2 Å². The fourth-order valence-corrected chi connectivity index (χ4v) is 3.29. The van der Waals surface area contributed by atoms with Crippen molar-refractivity contribution in [2.45, 2.75) is 6.42 Å². The second-order valence-electron chi connectivity index (χ2n) is 6.78. The van der Waals surface area contributed by atoms with Crippen molar-refractivity contribution in [3.63, 3.8) is 0 Å². The standard InChI is InChI=1S/C23H22N2O2/c26-23-21(16-18-5-2-1-3-6-18)17-20-15-19(8-9-22(20)24-23)7-4-10-25-11-13-27-14-12-25/h1-3,5-6,8-9,15,17H,10-14,16H2,(H,24,26). The summed E-state index contributed by atoms with van der Waals surface area (Å²) >= 11 is 0. The molecular formula is C23H22N2O2. The number of pyridine rings is 1. The Labute approximate surface area is 158 Å². The summed E-state index contributed by atoms with van der Waals surface area (Å²) in [7, 11) is 0. The monoisotopic (exact) mass is 358 g/mol. The Balaban J connectivity index is 1.56. The van der Waals surface area contributed by atoms with E-state index in [1.54, 1.807) is 0 Å². The maximum absolute atomic E-state index is 12.4. The average Bonchev–Trinajstić information content (AvgIpc) is 2.70. The number of H-pyrrole nitrogens is 1. The number of hydrogen-bond acceptors (Lipinski definition) is 3. The highest BCUT2D eigenvalue weighted by molar-refractivity contribution is 5.80. The van der Waals surface area contributed by atoms with E-state index in [0.717, 1.165) is 60.4 Å². The van der Waals surface area contributed by atoms with Crippen molar-refractivity contribution in [2.24, 2.45) is 0 Å². The van der Waals surface area contributed by atoms with E-state index in [1.165, 1.54) is 0 Å². The number of hydrogen-bond donors (Lipinski definition) is 1. The van der Waals surface area contributed by atoms with Crippen LogP contribution in [-0.4, -0.2) is 42.7 Å². The maximum atomic E-state index is 12.4. The predicted molar refractivity (Wildman–Crippen MR) is 108 cm³/mol. The summed E-state index contributed by atoms with van der Waals surface area (Å²) in [6.45, 7) is 4.21. The molecular weight excluding hydrogens is 336 g/mol. The highest BCUT2D eigenvalue weighted by Crippen LogP contribution is 2.15. The molecule has 0 unspecified atom stereocenters. The van der Waals surface area contributed by atoms with Crippen LogP contribution in [0.1, 0.15) is 16.7 Å². The number of nitrogens with one attached hydrogen (secondary N) is 1. The Morgan fingerprint density at radius 3 is 2.67 bits per heavy atom. The molecule has 4 nitrogen and oxygen atoms in total. The lowest BCUT2D eigenvalue weighted by Gasteiger charge is -2.24. The van der Waals surface area contributed by atoms with E-state index in [-0.39, 0.29) is 5.56 Å². The van der Waals surface area contributed by atoms with Gasteiger partial charge >= 0.3 is 0 Å². The zero-order valence-electron chi connectivity index (χ0n) is 15.2. The van der Waals surface area contributed by atoms with Gasteiger partial charge in [-0.05, 0) is 35.2 Å². The third-order valence-electron chi connectivity index (χ3n) is 4.80. The second-order valence-corrected chi connectivity index (χ2v) is 6.78. The SMILES string of the molecule is O=c1[nH]c2ccc(C#CCN3CCOCC3)cc2cc1Cc1ccccc1. The first-order valence-electron chi connectivity index (χ1n) is 9.27. The van der Waals surface area contributed by atoms with Gasteiger partial charge in [-0.1, -0.05) is 42.2 Å². The lowest BCUT2D eigenvalue weighted by Crippen LogP contribution is -2.36. The van der Waals surface area contributed by atoms with Crippen molar-refractivity contribution in [1.82, 2.24) is 9.88 Å². The first kappa shape index (κ1) is 17.5. The molecule has 27 heavy (non-hydrogen) atoms. The van der Waals surface area contributed by atoms with Gasteiger partial charge in [-0.15, -0.1) is 0 Å². The molecule has 0 radical (unpaired) electrons. The van der Waals surface area contributed by atoms with Crippen molar-refractivity contribution in [1.29, 1.82) is 0 Å². The second kappa shape index (κ2) is 8.22. The van der Waals surface area contributed by atoms with E-state index in [2.05, 4.69) is 21.7 Å². The molecule has 0 atom stereocenters. The van der Waals surface area contributed by atoms with E-state index < -0.39 is 0 Å². The van der Waals surface area contributed by atoms with Crippen molar-refractivity contribution in [3.05, 3.63) is 81.6 Å². The van der Waals surface area contributed by atoms with Crippen LogP contribution in [0.15, 0.2) is 59.4 Å². The number of fused-ring (bicyclic) bond motifs is 1. The number of aromatic amines is 1. The highest BCUT2D eigenvalue weighted by Gasteiger charge is 2.08. The lowest BCUT2D eigenvalue weighted by atomic mass is 10.0. The molecule has 3 aromatic rings. The Morgan fingerprint density at radius 1 is 1.04 bits per heavy atom. The lowest BCUT2D eigenvalue weighted by molar-refractivity contribution is 0.0443. The summed E-state index contributed by atoms with van der Waals surface area (Å²) in [6, 6.07) is 18.0. The zero-order valence-corrected chi connectivity index (χ0v) is 15.2. The van der Waals surface area contributed by atoms with E-state index in [0.29, 0.717) is 6.42 Å². The molecule has 2 heterocycles. The van der Waals surface area contributed by atoms with Gasteiger partial charge in [-0.25, -0.2) is 0 Å². The molecule has 1 N–H and O–H groups in total. The molecule has 2 aromatic carbocycles. The van der Waals surface area contributed by atoms with Crippen LogP contribution in [0.2, 0.25) is 0 Å². The summed E-state index contributed by atoms with van der Waals surface area (Å²) in [4.78, 5) is 17.7. The van der Waals surface area contributed by atoms with Crippen LogP contribution in [-0.2, 0) is 11.2 Å².